The molecule has 196 valence electrons. The van der Waals surface area contributed by atoms with Gasteiger partial charge in [-0.15, -0.1) is 0 Å². The number of nitrogens with one attached hydrogen (secondary N) is 3. The average Bonchev–Trinajstić information content (AvgIpc) is 3.52. The monoisotopic (exact) mass is 528 g/mol. The van der Waals surface area contributed by atoms with Gasteiger partial charge >= 0.3 is 0 Å². The molecular weight excluding hydrogens is 498 g/mol. The van der Waals surface area contributed by atoms with Crippen molar-refractivity contribution in [1.29, 1.82) is 0 Å². The van der Waals surface area contributed by atoms with Gasteiger partial charge in [-0.1, -0.05) is 18.0 Å². The zero-order valence-corrected chi connectivity index (χ0v) is 21.8. The Morgan fingerprint density at radius 1 is 1.27 bits per heavy atom. The fraction of sp³-hybridized carbons (Fsp3) is 0.320. The summed E-state index contributed by atoms with van der Waals surface area (Å²) in [4.78, 5) is 13.6. The third-order valence-corrected chi connectivity index (χ3v) is 6.69. The molecule has 0 saturated carbocycles. The molecule has 0 amide bonds. The number of anilines is 1. The van der Waals surface area contributed by atoms with E-state index in [1.165, 1.54) is 0 Å². The molecule has 4 rings (SSSR count). The van der Waals surface area contributed by atoms with Crippen LogP contribution in [0.2, 0.25) is 0 Å². The van der Waals surface area contributed by atoms with Crippen molar-refractivity contribution in [1.82, 2.24) is 24.4 Å². The molecule has 37 heavy (non-hydrogen) atoms. The average molecular weight is 529 g/mol. The number of amidine groups is 1. The van der Waals surface area contributed by atoms with Gasteiger partial charge in [0.05, 0.1) is 11.2 Å². The maximum Gasteiger partial charge on any atom is 0.181 e. The molecule has 0 spiro atoms. The second-order valence-corrected chi connectivity index (χ2v) is 9.20. The molecule has 3 heterocycles. The number of aromatic amines is 2. The van der Waals surface area contributed by atoms with E-state index in [-0.39, 0.29) is 23.4 Å². The maximum absolute atomic E-state index is 14.9. The number of aromatic nitrogens is 3. The van der Waals surface area contributed by atoms with Gasteiger partial charge in [0.2, 0.25) is 0 Å². The fourth-order valence-electron chi connectivity index (χ4n) is 3.98. The molecule has 0 bridgehead atoms. The van der Waals surface area contributed by atoms with E-state index in [9.17, 15) is 8.78 Å². The van der Waals surface area contributed by atoms with Crippen molar-refractivity contribution in [3.8, 4) is 5.75 Å². The molecule has 0 unspecified atom stereocenters. The van der Waals surface area contributed by atoms with Crippen molar-refractivity contribution in [2.45, 2.75) is 13.8 Å². The van der Waals surface area contributed by atoms with Crippen LogP contribution < -0.4 is 10.1 Å². The Kier molecular flexibility index (Phi) is 8.62. The van der Waals surface area contributed by atoms with Crippen LogP contribution in [0.4, 0.5) is 14.6 Å². The predicted octanol–water partition coefficient (Wildman–Crippen LogP) is 4.80. The molecule has 1 aliphatic heterocycles. The van der Waals surface area contributed by atoms with Crippen LogP contribution in [0, 0.1) is 18.6 Å². The van der Waals surface area contributed by atoms with Crippen LogP contribution in [0.15, 0.2) is 46.2 Å². The highest BCUT2D eigenvalue weighted by Gasteiger charge is 2.20. The zero-order chi connectivity index (χ0) is 26.4. The molecule has 12 heteroatoms. The number of fused-ring (bicyclic) bond motifs is 1. The lowest BCUT2D eigenvalue weighted by Gasteiger charge is -2.34. The lowest BCUT2D eigenvalue weighted by atomic mass is 10.2. The number of benzene rings is 1. The van der Waals surface area contributed by atoms with Gasteiger partial charge in [0, 0.05) is 55.5 Å². The Bertz CT molecular complexity index is 1340. The Morgan fingerprint density at radius 2 is 2.05 bits per heavy atom. The van der Waals surface area contributed by atoms with E-state index < -0.39 is 11.6 Å². The number of aliphatic imine (C=N–C) groups is 2. The topological polar surface area (TPSA) is 96.9 Å². The van der Waals surface area contributed by atoms with Gasteiger partial charge in [0.1, 0.15) is 11.7 Å². The highest BCUT2D eigenvalue weighted by atomic mass is 32.2. The summed E-state index contributed by atoms with van der Waals surface area (Å²) in [5.74, 6) is 0.173. The predicted molar refractivity (Wildman–Crippen MR) is 147 cm³/mol. The molecule has 0 aliphatic carbocycles. The first kappa shape index (κ1) is 26.4. The second-order valence-electron chi connectivity index (χ2n) is 8.32. The molecule has 0 radical (unpaired) electrons. The molecule has 9 nitrogen and oxygen atoms in total. The van der Waals surface area contributed by atoms with E-state index in [1.54, 1.807) is 31.0 Å². The van der Waals surface area contributed by atoms with Crippen LogP contribution in [0.3, 0.4) is 0 Å². The summed E-state index contributed by atoms with van der Waals surface area (Å²) in [6, 6.07) is 4.42. The summed E-state index contributed by atoms with van der Waals surface area (Å²) in [6.45, 7) is 10.2. The number of piperazine rings is 1. The number of hydrogen-bond donors (Lipinski definition) is 3. The summed E-state index contributed by atoms with van der Waals surface area (Å²) < 4.78 is 37.3. The van der Waals surface area contributed by atoms with Gasteiger partial charge in [-0.25, -0.2) is 23.1 Å². The number of aryl methyl sites for hydroxylation is 1. The summed E-state index contributed by atoms with van der Waals surface area (Å²) in [5, 5.41) is 10.4. The highest BCUT2D eigenvalue weighted by molar-refractivity contribution is 7.96. The summed E-state index contributed by atoms with van der Waals surface area (Å²) in [5.41, 5.74) is 1.61. The van der Waals surface area contributed by atoms with Crippen molar-refractivity contribution in [2.24, 2.45) is 9.98 Å². The third kappa shape index (κ3) is 6.38. The smallest absolute Gasteiger partial charge is 0.181 e. The van der Waals surface area contributed by atoms with Crippen LogP contribution in [0.5, 0.6) is 5.75 Å². The van der Waals surface area contributed by atoms with Gasteiger partial charge in [0.15, 0.2) is 29.9 Å². The lowest BCUT2D eigenvalue weighted by Crippen LogP contribution is -2.46. The van der Waals surface area contributed by atoms with Crippen LogP contribution in [-0.2, 0) is 0 Å². The molecule has 1 aliphatic rings. The number of hydrogen-bond acceptors (Lipinski definition) is 7. The largest absolute Gasteiger partial charge is 0.468 e. The van der Waals surface area contributed by atoms with E-state index in [1.807, 2.05) is 31.4 Å². The van der Waals surface area contributed by atoms with Crippen LogP contribution in [-0.4, -0.2) is 76.1 Å². The van der Waals surface area contributed by atoms with Gasteiger partial charge in [-0.05, 0) is 39.0 Å². The first-order valence-corrected chi connectivity index (χ1v) is 12.9. The van der Waals surface area contributed by atoms with Crippen molar-refractivity contribution < 1.29 is 13.5 Å². The molecule has 3 N–H and O–H groups in total. The van der Waals surface area contributed by atoms with E-state index in [0.717, 1.165) is 37.9 Å². The summed E-state index contributed by atoms with van der Waals surface area (Å²) >= 11 is 1.70. The number of nitrogens with zero attached hydrogens (tertiary/aromatic N) is 5. The molecule has 1 saturated heterocycles. The van der Waals surface area contributed by atoms with Crippen LogP contribution in [0.25, 0.3) is 17.0 Å². The zero-order valence-electron chi connectivity index (χ0n) is 21.0. The number of ether oxygens (including phenoxy) is 1. The van der Waals surface area contributed by atoms with Crippen molar-refractivity contribution in [3.63, 3.8) is 0 Å². The second kappa shape index (κ2) is 12.1. The van der Waals surface area contributed by atoms with Crippen LogP contribution >= 0.6 is 11.9 Å². The molecule has 1 fully saturated rings. The molecule has 3 aromatic rings. The van der Waals surface area contributed by atoms with E-state index in [4.69, 9.17) is 4.74 Å². The van der Waals surface area contributed by atoms with Gasteiger partial charge in [-0.3, -0.25) is 5.10 Å². The third-order valence-electron chi connectivity index (χ3n) is 5.81. The number of rotatable bonds is 9. The minimum absolute atomic E-state index is 0.116. The Balaban J connectivity index is 1.56. The molecule has 2 aromatic heterocycles. The number of H-pyrrole nitrogens is 2. The van der Waals surface area contributed by atoms with E-state index in [0.29, 0.717) is 23.2 Å². The first-order chi connectivity index (χ1) is 17.9. The van der Waals surface area contributed by atoms with Gasteiger partial charge in [0.25, 0.3) is 0 Å². The Labute approximate surface area is 218 Å². The summed E-state index contributed by atoms with van der Waals surface area (Å²) in [6.07, 6.45) is 7.59. The standard InChI is InChI=1S/C25H30F2N8OS/c1-5-6-17-12-22(33-32-17)31-21(28-3)14-23(34-7-9-35(37-4)10-8-34)29-15-36-20-13-19(26)25-18(24(20)27)11-16(2)30-25/h5-6,11-14,30H,3,7-10,15H2,1-2,4H3,(H2,31,32,33)/b6-5+,21-14+,29-23+. The lowest BCUT2D eigenvalue weighted by molar-refractivity contribution is 0.276. The Morgan fingerprint density at radius 3 is 2.76 bits per heavy atom. The van der Waals surface area contributed by atoms with Crippen LogP contribution in [0.1, 0.15) is 18.3 Å². The highest BCUT2D eigenvalue weighted by Crippen LogP contribution is 2.29. The van der Waals surface area contributed by atoms with Crippen molar-refractivity contribution in [3.05, 3.63) is 59.2 Å². The Hall–Kier alpha value is -3.64. The minimum atomic E-state index is -0.632. The number of allylic oxidation sites excluding steroid dienone is 1. The van der Waals surface area contributed by atoms with Crippen molar-refractivity contribution in [2.75, 3.05) is 44.5 Å². The van der Waals surface area contributed by atoms with Gasteiger partial charge < -0.3 is 19.9 Å². The molecule has 1 aromatic carbocycles. The molecule has 0 atom stereocenters. The minimum Gasteiger partial charge on any atom is -0.468 e. The quantitative estimate of drug-likeness (QED) is 0.210. The van der Waals surface area contributed by atoms with E-state index >= 15 is 0 Å². The van der Waals surface area contributed by atoms with Gasteiger partial charge in [-0.2, -0.15) is 5.10 Å². The normalized spacial score (nSPS) is 15.6. The maximum atomic E-state index is 14.9. The first-order valence-electron chi connectivity index (χ1n) is 11.7. The van der Waals surface area contributed by atoms with E-state index in [2.05, 4.69) is 46.4 Å². The number of halogens is 2. The SMILES string of the molecule is C=N/C(=C\C(=N/COc1cc(F)c2[nH]c(C)cc2c1F)N1CCN(SC)CC1)Nc1cc(/C=C/C)[nH]n1. The molecular formula is C25H30F2N8OS. The fourth-order valence-corrected chi connectivity index (χ4v) is 4.51. The van der Waals surface area contributed by atoms with Crippen molar-refractivity contribution >= 4 is 47.3 Å². The summed E-state index contributed by atoms with van der Waals surface area (Å²) in [7, 11) is 0.